The molecule has 1 saturated carbocycles. The topological polar surface area (TPSA) is 59.0 Å². The van der Waals surface area contributed by atoms with E-state index in [-0.39, 0.29) is 18.1 Å². The molecule has 0 atom stereocenters. The lowest BCUT2D eigenvalue weighted by atomic mass is 9.92. The number of halogens is 3. The van der Waals surface area contributed by atoms with Crippen molar-refractivity contribution < 1.29 is 23.8 Å². The first-order valence-electron chi connectivity index (χ1n) is 10.7. The molecule has 2 aromatic carbocycles. The highest BCUT2D eigenvalue weighted by Crippen LogP contribution is 2.45. The average molecular weight is 482 g/mol. The van der Waals surface area contributed by atoms with Crippen LogP contribution in [0.15, 0.2) is 30.3 Å². The van der Waals surface area contributed by atoms with Crippen LogP contribution in [-0.4, -0.2) is 48.4 Å². The molecular formula is C24H26Cl2FNO4. The second-order valence-corrected chi connectivity index (χ2v) is 9.58. The number of carbonyl (C=O) groups is 1. The van der Waals surface area contributed by atoms with Crippen LogP contribution >= 0.6 is 23.2 Å². The normalized spacial score (nSPS) is 18.4. The zero-order chi connectivity index (χ0) is 22.9. The van der Waals surface area contributed by atoms with Gasteiger partial charge in [0.25, 0.3) is 0 Å². The zero-order valence-electron chi connectivity index (χ0n) is 17.9. The number of hydrogen-bond donors (Lipinski definition) is 1. The number of piperidine rings is 1. The first kappa shape index (κ1) is 23.3. The van der Waals surface area contributed by atoms with Crippen LogP contribution in [0.4, 0.5) is 4.39 Å². The third kappa shape index (κ3) is 5.54. The Morgan fingerprint density at radius 3 is 2.41 bits per heavy atom. The van der Waals surface area contributed by atoms with Gasteiger partial charge in [0, 0.05) is 35.7 Å². The van der Waals surface area contributed by atoms with Crippen molar-refractivity contribution in [1.82, 2.24) is 4.90 Å². The minimum absolute atomic E-state index is 0.0700. The smallest absolute Gasteiger partial charge is 0.340 e. The van der Waals surface area contributed by atoms with E-state index in [1.165, 1.54) is 19.2 Å². The van der Waals surface area contributed by atoms with Gasteiger partial charge in [-0.3, -0.25) is 4.90 Å². The molecule has 0 amide bonds. The number of hydrogen-bond acceptors (Lipinski definition) is 5. The van der Waals surface area contributed by atoms with Crippen LogP contribution in [0.5, 0.6) is 5.75 Å². The van der Waals surface area contributed by atoms with E-state index in [0.717, 1.165) is 24.0 Å². The van der Waals surface area contributed by atoms with E-state index in [2.05, 4.69) is 9.64 Å². The fraction of sp³-hybridized carbons (Fsp3) is 0.458. The summed E-state index contributed by atoms with van der Waals surface area (Å²) in [7, 11) is 1.23. The number of nitrogens with zero attached hydrogens (tertiary/aromatic N) is 1. The molecule has 1 heterocycles. The molecule has 8 heteroatoms. The Labute approximate surface area is 197 Å². The summed E-state index contributed by atoms with van der Waals surface area (Å²) in [5, 5.41) is 12.2. The van der Waals surface area contributed by atoms with Gasteiger partial charge in [-0.2, -0.15) is 0 Å². The first-order chi connectivity index (χ1) is 15.3. The average Bonchev–Trinajstić information content (AvgIpc) is 3.58. The van der Waals surface area contributed by atoms with E-state index in [9.17, 15) is 14.3 Å². The van der Waals surface area contributed by atoms with Crippen molar-refractivity contribution in [1.29, 1.82) is 0 Å². The molecule has 1 N–H and O–H groups in total. The Kier molecular flexibility index (Phi) is 6.96. The Bertz CT molecular complexity index is 983. The second-order valence-electron chi connectivity index (χ2n) is 8.70. The fourth-order valence-corrected chi connectivity index (χ4v) is 4.69. The van der Waals surface area contributed by atoms with E-state index < -0.39 is 17.4 Å². The SMILES string of the molecule is COC(=O)c1cc(C2CC2)c(OCC2(O)CCN(Cc3cc(Cl)cc(Cl)c3)CC2)cc1F. The fourth-order valence-electron chi connectivity index (χ4n) is 4.12. The molecule has 0 aromatic heterocycles. The molecule has 172 valence electrons. The Morgan fingerprint density at radius 1 is 1.16 bits per heavy atom. The molecule has 2 fully saturated rings. The molecule has 0 radical (unpaired) electrons. The quantitative estimate of drug-likeness (QED) is 0.550. The molecule has 32 heavy (non-hydrogen) atoms. The summed E-state index contributed by atoms with van der Waals surface area (Å²) in [6.45, 7) is 2.15. The third-order valence-corrected chi connectivity index (χ3v) is 6.57. The molecule has 0 bridgehead atoms. The number of methoxy groups -OCH3 is 1. The van der Waals surface area contributed by atoms with Crippen molar-refractivity contribution in [3.8, 4) is 5.75 Å². The molecule has 4 rings (SSSR count). The van der Waals surface area contributed by atoms with Gasteiger partial charge in [-0.05, 0) is 67.0 Å². The zero-order valence-corrected chi connectivity index (χ0v) is 19.4. The minimum Gasteiger partial charge on any atom is -0.490 e. The van der Waals surface area contributed by atoms with Gasteiger partial charge in [-0.1, -0.05) is 23.2 Å². The molecule has 0 spiro atoms. The summed E-state index contributed by atoms with van der Waals surface area (Å²) in [6, 6.07) is 8.25. The number of carbonyl (C=O) groups excluding carboxylic acids is 1. The molecule has 2 aromatic rings. The number of benzene rings is 2. The van der Waals surface area contributed by atoms with Gasteiger partial charge in [0.1, 0.15) is 23.8 Å². The first-order valence-corrected chi connectivity index (χ1v) is 11.5. The molecule has 1 aliphatic heterocycles. The number of aliphatic hydroxyl groups is 1. The third-order valence-electron chi connectivity index (χ3n) is 6.13. The monoisotopic (exact) mass is 481 g/mol. The summed E-state index contributed by atoms with van der Waals surface area (Å²) >= 11 is 12.2. The van der Waals surface area contributed by atoms with Gasteiger partial charge >= 0.3 is 5.97 Å². The van der Waals surface area contributed by atoms with Crippen LogP contribution in [0.3, 0.4) is 0 Å². The standard InChI is InChI=1S/C24H26Cl2FNO4/c1-31-23(29)20-11-19(16-2-3-16)22(12-21(20)27)32-14-24(30)4-6-28(7-5-24)13-15-8-17(25)10-18(26)9-15/h8-12,16,30H,2-7,13-14H2,1H3. The lowest BCUT2D eigenvalue weighted by Crippen LogP contribution is -2.47. The van der Waals surface area contributed by atoms with E-state index in [0.29, 0.717) is 48.3 Å². The molecular weight excluding hydrogens is 456 g/mol. The predicted octanol–water partition coefficient (Wildman–Crippen LogP) is 5.20. The van der Waals surface area contributed by atoms with Crippen LogP contribution in [0.2, 0.25) is 10.0 Å². The van der Waals surface area contributed by atoms with Crippen molar-refractivity contribution in [2.75, 3.05) is 26.8 Å². The van der Waals surface area contributed by atoms with Crippen molar-refractivity contribution in [2.45, 2.75) is 43.7 Å². The molecule has 1 aliphatic carbocycles. The van der Waals surface area contributed by atoms with E-state index in [4.69, 9.17) is 27.9 Å². The van der Waals surface area contributed by atoms with E-state index >= 15 is 0 Å². The van der Waals surface area contributed by atoms with Crippen molar-refractivity contribution in [3.63, 3.8) is 0 Å². The Balaban J connectivity index is 1.38. The summed E-state index contributed by atoms with van der Waals surface area (Å²) in [4.78, 5) is 14.1. The molecule has 0 unspecified atom stereocenters. The maximum atomic E-state index is 14.5. The maximum Gasteiger partial charge on any atom is 0.340 e. The van der Waals surface area contributed by atoms with Crippen LogP contribution in [0, 0.1) is 5.82 Å². The number of likely N-dealkylation sites (tertiary alicyclic amines) is 1. The number of esters is 1. The van der Waals surface area contributed by atoms with Crippen molar-refractivity contribution >= 4 is 29.2 Å². The maximum absolute atomic E-state index is 14.5. The molecule has 2 aliphatic rings. The van der Waals surface area contributed by atoms with E-state index in [1.54, 1.807) is 6.07 Å². The Morgan fingerprint density at radius 2 is 1.81 bits per heavy atom. The predicted molar refractivity (Wildman–Crippen MR) is 121 cm³/mol. The molecule has 5 nitrogen and oxygen atoms in total. The highest BCUT2D eigenvalue weighted by molar-refractivity contribution is 6.34. The van der Waals surface area contributed by atoms with Crippen LogP contribution in [-0.2, 0) is 11.3 Å². The van der Waals surface area contributed by atoms with Crippen LogP contribution in [0.25, 0.3) is 0 Å². The largest absolute Gasteiger partial charge is 0.490 e. The summed E-state index contributed by atoms with van der Waals surface area (Å²) in [6.07, 6.45) is 3.00. The summed E-state index contributed by atoms with van der Waals surface area (Å²) in [5.74, 6) is -0.752. The summed E-state index contributed by atoms with van der Waals surface area (Å²) < 4.78 is 25.0. The number of ether oxygens (including phenoxy) is 2. The van der Waals surface area contributed by atoms with Crippen molar-refractivity contribution in [2.24, 2.45) is 0 Å². The second kappa shape index (κ2) is 9.56. The van der Waals surface area contributed by atoms with Gasteiger partial charge in [0.2, 0.25) is 0 Å². The van der Waals surface area contributed by atoms with Gasteiger partial charge in [0.15, 0.2) is 0 Å². The highest BCUT2D eigenvalue weighted by Gasteiger charge is 2.35. The van der Waals surface area contributed by atoms with Crippen molar-refractivity contribution in [3.05, 3.63) is 62.9 Å². The number of rotatable bonds is 7. The lowest BCUT2D eigenvalue weighted by molar-refractivity contribution is -0.0539. The Hall–Kier alpha value is -1.86. The van der Waals surface area contributed by atoms with Gasteiger partial charge < -0.3 is 14.6 Å². The van der Waals surface area contributed by atoms with Crippen LogP contribution < -0.4 is 4.74 Å². The summed E-state index contributed by atoms with van der Waals surface area (Å²) in [5.41, 5.74) is 0.737. The highest BCUT2D eigenvalue weighted by atomic mass is 35.5. The minimum atomic E-state index is -0.999. The van der Waals surface area contributed by atoms with Crippen LogP contribution in [0.1, 0.15) is 53.1 Å². The van der Waals surface area contributed by atoms with Gasteiger partial charge in [-0.15, -0.1) is 0 Å². The lowest BCUT2D eigenvalue weighted by Gasteiger charge is -2.38. The van der Waals surface area contributed by atoms with E-state index in [1.807, 2.05) is 12.1 Å². The van der Waals surface area contributed by atoms with Gasteiger partial charge in [0.05, 0.1) is 12.7 Å². The molecule has 1 saturated heterocycles. The van der Waals surface area contributed by atoms with Gasteiger partial charge in [-0.25, -0.2) is 9.18 Å².